The quantitative estimate of drug-likeness (QED) is 0.818. The van der Waals surface area contributed by atoms with E-state index in [4.69, 9.17) is 0 Å². The van der Waals surface area contributed by atoms with Crippen LogP contribution in [0, 0.1) is 0 Å². The number of amides is 1. The Bertz CT molecular complexity index is 247. The molecule has 3 nitrogen and oxygen atoms in total. The van der Waals surface area contributed by atoms with Gasteiger partial charge in [0.2, 0.25) is 5.91 Å². The van der Waals surface area contributed by atoms with E-state index in [9.17, 15) is 4.79 Å². The predicted molar refractivity (Wildman–Crippen MR) is 69.9 cm³/mol. The number of piperidine rings is 2. The van der Waals surface area contributed by atoms with Gasteiger partial charge in [0.15, 0.2) is 0 Å². The van der Waals surface area contributed by atoms with Gasteiger partial charge in [-0.25, -0.2) is 0 Å². The molecule has 0 aromatic rings. The molecular formula is C14H26N2O. The van der Waals surface area contributed by atoms with Crippen molar-refractivity contribution in [3.8, 4) is 0 Å². The van der Waals surface area contributed by atoms with Crippen LogP contribution in [-0.4, -0.2) is 36.0 Å². The number of hydrogen-bond acceptors (Lipinski definition) is 2. The maximum Gasteiger partial charge on any atom is 0.239 e. The van der Waals surface area contributed by atoms with Crippen molar-refractivity contribution in [3.05, 3.63) is 0 Å². The van der Waals surface area contributed by atoms with Crippen molar-refractivity contribution < 1.29 is 4.79 Å². The highest BCUT2D eigenvalue weighted by molar-refractivity contribution is 5.82. The van der Waals surface area contributed by atoms with Crippen LogP contribution in [0.1, 0.15) is 58.3 Å². The third-order valence-electron chi connectivity index (χ3n) is 4.14. The van der Waals surface area contributed by atoms with E-state index in [-0.39, 0.29) is 6.04 Å². The van der Waals surface area contributed by atoms with Crippen molar-refractivity contribution in [3.63, 3.8) is 0 Å². The molecule has 2 fully saturated rings. The third-order valence-corrected chi connectivity index (χ3v) is 4.14. The minimum absolute atomic E-state index is 0.112. The lowest BCUT2D eigenvalue weighted by Crippen LogP contribution is -2.53. The average molecular weight is 238 g/mol. The van der Waals surface area contributed by atoms with Crippen LogP contribution in [0.4, 0.5) is 0 Å². The minimum Gasteiger partial charge on any atom is -0.338 e. The zero-order chi connectivity index (χ0) is 12.1. The van der Waals surface area contributed by atoms with Crippen LogP contribution in [0.5, 0.6) is 0 Å². The summed E-state index contributed by atoms with van der Waals surface area (Å²) in [5, 5.41) is 3.39. The van der Waals surface area contributed by atoms with Gasteiger partial charge in [-0.2, -0.15) is 0 Å². The summed E-state index contributed by atoms with van der Waals surface area (Å²) in [5.74, 6) is 0.378. The Hall–Kier alpha value is -0.570. The maximum absolute atomic E-state index is 12.5. The molecule has 2 aliphatic rings. The van der Waals surface area contributed by atoms with E-state index in [0.717, 1.165) is 19.5 Å². The van der Waals surface area contributed by atoms with Gasteiger partial charge in [0.1, 0.15) is 0 Å². The highest BCUT2D eigenvalue weighted by Gasteiger charge is 2.31. The molecule has 0 bridgehead atoms. The molecule has 17 heavy (non-hydrogen) atoms. The molecule has 0 aromatic carbocycles. The molecule has 2 rings (SSSR count). The molecule has 0 spiro atoms. The molecule has 1 unspecified atom stereocenters. The Kier molecular flexibility index (Phi) is 4.84. The van der Waals surface area contributed by atoms with Crippen molar-refractivity contribution in [1.82, 2.24) is 10.2 Å². The summed E-state index contributed by atoms with van der Waals surface area (Å²) in [7, 11) is 0. The Morgan fingerprint density at radius 3 is 2.76 bits per heavy atom. The Morgan fingerprint density at radius 1 is 1.24 bits per heavy atom. The number of carbonyl (C=O) groups excluding carboxylic acids is 1. The van der Waals surface area contributed by atoms with E-state index in [1.165, 1.54) is 44.9 Å². The van der Waals surface area contributed by atoms with Crippen LogP contribution in [0.25, 0.3) is 0 Å². The van der Waals surface area contributed by atoms with Crippen LogP contribution < -0.4 is 5.32 Å². The summed E-state index contributed by atoms with van der Waals surface area (Å²) in [6, 6.07) is 0.631. The number of nitrogens with one attached hydrogen (secondary N) is 1. The van der Waals surface area contributed by atoms with Gasteiger partial charge in [-0.15, -0.1) is 0 Å². The van der Waals surface area contributed by atoms with E-state index in [1.54, 1.807) is 0 Å². The molecule has 2 saturated heterocycles. The molecule has 0 aliphatic carbocycles. The first-order valence-corrected chi connectivity index (χ1v) is 7.36. The lowest BCUT2D eigenvalue weighted by Gasteiger charge is -2.39. The fourth-order valence-corrected chi connectivity index (χ4v) is 3.19. The second-order valence-corrected chi connectivity index (χ2v) is 5.47. The molecule has 1 N–H and O–H groups in total. The first-order chi connectivity index (χ1) is 8.33. The van der Waals surface area contributed by atoms with Gasteiger partial charge >= 0.3 is 0 Å². The van der Waals surface area contributed by atoms with Gasteiger partial charge < -0.3 is 10.2 Å². The van der Waals surface area contributed by atoms with Crippen LogP contribution >= 0.6 is 0 Å². The summed E-state index contributed by atoms with van der Waals surface area (Å²) >= 11 is 0. The van der Waals surface area contributed by atoms with Gasteiger partial charge in [0.05, 0.1) is 6.04 Å². The van der Waals surface area contributed by atoms with Crippen molar-refractivity contribution in [1.29, 1.82) is 0 Å². The SMILES string of the molecule is CCCC1CCCCN1C(=O)[C@@H]1CCCCN1. The lowest BCUT2D eigenvalue weighted by atomic mass is 9.95. The number of hydrogen-bond donors (Lipinski definition) is 1. The molecule has 2 aliphatic heterocycles. The molecule has 3 heteroatoms. The number of carbonyl (C=O) groups is 1. The molecule has 0 aromatic heterocycles. The summed E-state index contributed by atoms with van der Waals surface area (Å²) in [6.07, 6.45) is 9.54. The van der Waals surface area contributed by atoms with Gasteiger partial charge in [-0.1, -0.05) is 19.8 Å². The largest absolute Gasteiger partial charge is 0.338 e. The fraction of sp³-hybridized carbons (Fsp3) is 0.929. The second-order valence-electron chi connectivity index (χ2n) is 5.47. The van der Waals surface area contributed by atoms with E-state index in [0.29, 0.717) is 11.9 Å². The smallest absolute Gasteiger partial charge is 0.239 e. The molecule has 2 atom stereocenters. The molecule has 98 valence electrons. The van der Waals surface area contributed by atoms with Crippen molar-refractivity contribution in [2.24, 2.45) is 0 Å². The Labute approximate surface area is 105 Å². The van der Waals surface area contributed by atoms with E-state index in [1.807, 2.05) is 0 Å². The highest BCUT2D eigenvalue weighted by Crippen LogP contribution is 2.23. The molecular weight excluding hydrogens is 212 g/mol. The van der Waals surface area contributed by atoms with E-state index in [2.05, 4.69) is 17.1 Å². The summed E-state index contributed by atoms with van der Waals surface area (Å²) in [5.41, 5.74) is 0. The van der Waals surface area contributed by atoms with Gasteiger partial charge in [-0.3, -0.25) is 4.79 Å². The van der Waals surface area contributed by atoms with Gasteiger partial charge in [-0.05, 0) is 45.1 Å². The van der Waals surface area contributed by atoms with Gasteiger partial charge in [0, 0.05) is 12.6 Å². The van der Waals surface area contributed by atoms with E-state index >= 15 is 0 Å². The first kappa shape index (κ1) is 12.9. The minimum atomic E-state index is 0.112. The predicted octanol–water partition coefficient (Wildman–Crippen LogP) is 2.31. The van der Waals surface area contributed by atoms with Crippen LogP contribution in [0.15, 0.2) is 0 Å². The molecule has 1 amide bonds. The summed E-state index contributed by atoms with van der Waals surface area (Å²) < 4.78 is 0. The topological polar surface area (TPSA) is 32.3 Å². The van der Waals surface area contributed by atoms with Crippen LogP contribution in [0.2, 0.25) is 0 Å². The zero-order valence-electron chi connectivity index (χ0n) is 11.1. The molecule has 0 radical (unpaired) electrons. The second kappa shape index (κ2) is 6.39. The Morgan fingerprint density at radius 2 is 2.06 bits per heavy atom. The lowest BCUT2D eigenvalue weighted by molar-refractivity contribution is -0.137. The van der Waals surface area contributed by atoms with Crippen molar-refractivity contribution in [2.45, 2.75) is 70.4 Å². The fourth-order valence-electron chi connectivity index (χ4n) is 3.19. The summed E-state index contributed by atoms with van der Waals surface area (Å²) in [6.45, 7) is 4.22. The number of nitrogens with zero attached hydrogens (tertiary/aromatic N) is 1. The molecule has 2 heterocycles. The van der Waals surface area contributed by atoms with Crippen LogP contribution in [0.3, 0.4) is 0 Å². The van der Waals surface area contributed by atoms with Gasteiger partial charge in [0.25, 0.3) is 0 Å². The monoisotopic (exact) mass is 238 g/mol. The Balaban J connectivity index is 1.94. The standard InChI is InChI=1S/C14H26N2O/c1-2-7-12-8-4-6-11-16(12)14(17)13-9-3-5-10-15-13/h12-13,15H,2-11H2,1H3/t12?,13-/m0/s1. The highest BCUT2D eigenvalue weighted by atomic mass is 16.2. The first-order valence-electron chi connectivity index (χ1n) is 7.36. The normalized spacial score (nSPS) is 30.3. The summed E-state index contributed by atoms with van der Waals surface area (Å²) in [4.78, 5) is 14.7. The third kappa shape index (κ3) is 3.21. The van der Waals surface area contributed by atoms with E-state index < -0.39 is 0 Å². The van der Waals surface area contributed by atoms with Crippen molar-refractivity contribution in [2.75, 3.05) is 13.1 Å². The molecule has 0 saturated carbocycles. The zero-order valence-corrected chi connectivity index (χ0v) is 11.1. The number of likely N-dealkylation sites (tertiary alicyclic amines) is 1. The number of rotatable bonds is 3. The van der Waals surface area contributed by atoms with Crippen LogP contribution in [-0.2, 0) is 4.79 Å². The maximum atomic E-state index is 12.5. The average Bonchev–Trinajstić information content (AvgIpc) is 2.40. The van der Waals surface area contributed by atoms with Crippen molar-refractivity contribution >= 4 is 5.91 Å².